The molecule has 1 amide bonds. The highest BCUT2D eigenvalue weighted by molar-refractivity contribution is 5.94. The Kier molecular flexibility index (Phi) is 4.09. The summed E-state index contributed by atoms with van der Waals surface area (Å²) >= 11 is 0. The normalized spacial score (nSPS) is 17.2. The van der Waals surface area contributed by atoms with Crippen LogP contribution in [0.2, 0.25) is 0 Å². The van der Waals surface area contributed by atoms with E-state index in [2.05, 4.69) is 51.2 Å². The lowest BCUT2D eigenvalue weighted by molar-refractivity contribution is 0.0722. The van der Waals surface area contributed by atoms with Crippen LogP contribution in [0.15, 0.2) is 18.6 Å². The van der Waals surface area contributed by atoms with Gasteiger partial charge in [0.05, 0.1) is 35.1 Å². The highest BCUT2D eigenvalue weighted by atomic mass is 16.2. The van der Waals surface area contributed by atoms with Gasteiger partial charge in [0.15, 0.2) is 5.82 Å². The van der Waals surface area contributed by atoms with Gasteiger partial charge in [0.1, 0.15) is 5.82 Å². The quantitative estimate of drug-likeness (QED) is 0.733. The van der Waals surface area contributed by atoms with Crippen LogP contribution in [0.1, 0.15) is 66.9 Å². The van der Waals surface area contributed by atoms with E-state index < -0.39 is 0 Å². The molecular weight excluding hydrogens is 344 g/mol. The van der Waals surface area contributed by atoms with Crippen molar-refractivity contribution in [2.75, 3.05) is 6.54 Å². The van der Waals surface area contributed by atoms with E-state index in [4.69, 9.17) is 0 Å². The van der Waals surface area contributed by atoms with Crippen molar-refractivity contribution in [3.05, 3.63) is 47.1 Å². The molecule has 4 rings (SSSR count). The van der Waals surface area contributed by atoms with Crippen LogP contribution in [0, 0.1) is 0 Å². The molecule has 9 heteroatoms. The number of amides is 1. The lowest BCUT2D eigenvalue weighted by Gasteiger charge is -2.31. The van der Waals surface area contributed by atoms with E-state index in [0.29, 0.717) is 24.5 Å². The summed E-state index contributed by atoms with van der Waals surface area (Å²) in [6.07, 6.45) is 6.00. The second kappa shape index (κ2) is 6.33. The summed E-state index contributed by atoms with van der Waals surface area (Å²) in [7, 11) is 0. The van der Waals surface area contributed by atoms with Gasteiger partial charge >= 0.3 is 0 Å². The van der Waals surface area contributed by atoms with Gasteiger partial charge in [-0.2, -0.15) is 15.3 Å². The van der Waals surface area contributed by atoms with Gasteiger partial charge in [-0.05, 0) is 20.8 Å². The Morgan fingerprint density at radius 2 is 2.11 bits per heavy atom. The third-order valence-corrected chi connectivity index (χ3v) is 4.86. The van der Waals surface area contributed by atoms with Crippen LogP contribution in [0.5, 0.6) is 0 Å². The number of rotatable bonds is 3. The number of aromatic nitrogens is 7. The average Bonchev–Trinajstić information content (AvgIpc) is 3.39. The number of aromatic amines is 2. The molecule has 1 aliphatic heterocycles. The molecule has 2 N–H and O–H groups in total. The molecule has 3 aromatic heterocycles. The number of aryl methyl sites for hydroxylation is 1. The smallest absolute Gasteiger partial charge is 0.257 e. The first-order valence-electron chi connectivity index (χ1n) is 9.14. The first-order valence-corrected chi connectivity index (χ1v) is 9.14. The van der Waals surface area contributed by atoms with Crippen molar-refractivity contribution >= 4 is 5.91 Å². The highest BCUT2D eigenvalue weighted by Gasteiger charge is 2.34. The van der Waals surface area contributed by atoms with Gasteiger partial charge in [0.25, 0.3) is 5.91 Å². The fraction of sp³-hybridized carbons (Fsp3) is 0.500. The topological polar surface area (TPSA) is 108 Å². The third-order valence-electron chi connectivity index (χ3n) is 4.86. The maximum atomic E-state index is 13.1. The second-order valence-electron chi connectivity index (χ2n) is 7.89. The van der Waals surface area contributed by atoms with E-state index in [-0.39, 0.29) is 17.4 Å². The molecule has 4 heterocycles. The van der Waals surface area contributed by atoms with Gasteiger partial charge in [0.2, 0.25) is 0 Å². The minimum absolute atomic E-state index is 0.0476. The van der Waals surface area contributed by atoms with Crippen molar-refractivity contribution in [1.82, 2.24) is 40.1 Å². The van der Waals surface area contributed by atoms with E-state index >= 15 is 0 Å². The predicted molar refractivity (Wildman–Crippen MR) is 98.2 cm³/mol. The Balaban J connectivity index is 1.63. The number of H-pyrrole nitrogens is 2. The van der Waals surface area contributed by atoms with Crippen molar-refractivity contribution in [3.8, 4) is 0 Å². The molecule has 0 bridgehead atoms. The average molecular weight is 368 g/mol. The van der Waals surface area contributed by atoms with Gasteiger partial charge < -0.3 is 4.90 Å². The standard InChI is InChI=1S/C18H24N8O/c1-5-14-21-16(24-22-14)13-10-25(8-11-6-19-23-15(11)13)17(27)12-7-20-26(9-12)18(2,3)4/h6-7,9,13H,5,8,10H2,1-4H3,(H,19,23)(H,21,22,24). The Labute approximate surface area is 157 Å². The molecule has 142 valence electrons. The molecule has 9 nitrogen and oxygen atoms in total. The molecule has 0 fully saturated rings. The third kappa shape index (κ3) is 3.13. The van der Waals surface area contributed by atoms with Crippen molar-refractivity contribution in [1.29, 1.82) is 0 Å². The molecule has 27 heavy (non-hydrogen) atoms. The summed E-state index contributed by atoms with van der Waals surface area (Å²) in [5.41, 5.74) is 2.38. The van der Waals surface area contributed by atoms with Crippen molar-refractivity contribution in [3.63, 3.8) is 0 Å². The Morgan fingerprint density at radius 1 is 1.30 bits per heavy atom. The van der Waals surface area contributed by atoms with Crippen LogP contribution in [0.25, 0.3) is 0 Å². The van der Waals surface area contributed by atoms with E-state index in [1.807, 2.05) is 22.7 Å². The molecule has 0 aromatic carbocycles. The van der Waals surface area contributed by atoms with Gasteiger partial charge in [-0.1, -0.05) is 6.92 Å². The molecule has 1 atom stereocenters. The second-order valence-corrected chi connectivity index (χ2v) is 7.89. The Morgan fingerprint density at radius 3 is 2.78 bits per heavy atom. The largest absolute Gasteiger partial charge is 0.333 e. The summed E-state index contributed by atoms with van der Waals surface area (Å²) in [6.45, 7) is 9.19. The van der Waals surface area contributed by atoms with Gasteiger partial charge in [-0.3, -0.25) is 19.7 Å². The van der Waals surface area contributed by atoms with Gasteiger partial charge in [0, 0.05) is 31.3 Å². The number of hydrogen-bond donors (Lipinski definition) is 2. The van der Waals surface area contributed by atoms with E-state index in [0.717, 1.165) is 23.5 Å². The van der Waals surface area contributed by atoms with Crippen LogP contribution in [0.4, 0.5) is 0 Å². The zero-order chi connectivity index (χ0) is 19.2. The van der Waals surface area contributed by atoms with Crippen LogP contribution < -0.4 is 0 Å². The summed E-state index contributed by atoms with van der Waals surface area (Å²) in [4.78, 5) is 19.5. The van der Waals surface area contributed by atoms with Gasteiger partial charge in [-0.25, -0.2) is 4.98 Å². The van der Waals surface area contributed by atoms with E-state index in [1.165, 1.54) is 0 Å². The van der Waals surface area contributed by atoms with Crippen molar-refractivity contribution in [2.45, 2.75) is 52.1 Å². The molecule has 3 aromatic rings. The molecule has 0 spiro atoms. The molecular formula is C18H24N8O. The first kappa shape index (κ1) is 17.4. The first-order chi connectivity index (χ1) is 12.9. The number of hydrogen-bond acceptors (Lipinski definition) is 5. The fourth-order valence-corrected chi connectivity index (χ4v) is 3.30. The highest BCUT2D eigenvalue weighted by Crippen LogP contribution is 2.31. The van der Waals surface area contributed by atoms with E-state index in [1.54, 1.807) is 12.4 Å². The lowest BCUT2D eigenvalue weighted by atomic mass is 9.95. The summed E-state index contributed by atoms with van der Waals surface area (Å²) in [5.74, 6) is 1.34. The molecule has 1 unspecified atom stereocenters. The van der Waals surface area contributed by atoms with E-state index in [9.17, 15) is 4.79 Å². The van der Waals surface area contributed by atoms with Crippen LogP contribution in [-0.4, -0.2) is 52.5 Å². The van der Waals surface area contributed by atoms with Gasteiger partial charge in [-0.15, -0.1) is 0 Å². The number of nitrogens with one attached hydrogen (secondary N) is 2. The lowest BCUT2D eigenvalue weighted by Crippen LogP contribution is -2.38. The minimum Gasteiger partial charge on any atom is -0.333 e. The maximum absolute atomic E-state index is 13.1. The molecule has 0 radical (unpaired) electrons. The SMILES string of the molecule is CCc1nc(C2CN(C(=O)c3cnn(C(C)(C)C)c3)Cc3cn[nH]c32)n[nH]1. The summed E-state index contributed by atoms with van der Waals surface area (Å²) < 4.78 is 1.81. The number of carbonyl (C=O) groups is 1. The summed E-state index contributed by atoms with van der Waals surface area (Å²) in [6, 6.07) is 0. The molecule has 0 saturated carbocycles. The Bertz CT molecular complexity index is 960. The monoisotopic (exact) mass is 368 g/mol. The predicted octanol–water partition coefficient (Wildman–Crippen LogP) is 1.83. The minimum atomic E-state index is -0.170. The van der Waals surface area contributed by atoms with Crippen LogP contribution in [0.3, 0.4) is 0 Å². The van der Waals surface area contributed by atoms with Crippen molar-refractivity contribution < 1.29 is 4.79 Å². The number of nitrogens with zero attached hydrogens (tertiary/aromatic N) is 6. The van der Waals surface area contributed by atoms with Crippen molar-refractivity contribution in [2.24, 2.45) is 0 Å². The fourth-order valence-electron chi connectivity index (χ4n) is 3.30. The molecule has 1 aliphatic rings. The summed E-state index contributed by atoms with van der Waals surface area (Å²) in [5, 5.41) is 18.9. The van der Waals surface area contributed by atoms with Crippen LogP contribution in [-0.2, 0) is 18.5 Å². The number of carbonyl (C=O) groups excluding carboxylic acids is 1. The molecule has 0 aliphatic carbocycles. The molecule has 0 saturated heterocycles. The number of fused-ring (bicyclic) bond motifs is 1. The van der Waals surface area contributed by atoms with Crippen LogP contribution >= 0.6 is 0 Å². The Hall–Kier alpha value is -2.97. The zero-order valence-corrected chi connectivity index (χ0v) is 16.0. The maximum Gasteiger partial charge on any atom is 0.257 e. The zero-order valence-electron chi connectivity index (χ0n) is 16.0.